The molecule has 0 aromatic heterocycles. The molecule has 5 rings (SSSR count). The van der Waals surface area contributed by atoms with Crippen LogP contribution >= 0.6 is 0 Å². The third-order valence-corrected chi connectivity index (χ3v) is 12.4. The van der Waals surface area contributed by atoms with Crippen molar-refractivity contribution >= 4 is 21.6 Å². The highest BCUT2D eigenvalue weighted by atomic mass is 32.2. The molecule has 2 saturated heterocycles. The van der Waals surface area contributed by atoms with Crippen molar-refractivity contribution < 1.29 is 32.2 Å². The van der Waals surface area contributed by atoms with E-state index in [1.165, 1.54) is 0 Å². The highest BCUT2D eigenvalue weighted by Gasteiger charge is 2.42. The van der Waals surface area contributed by atoms with Crippen LogP contribution in [0.1, 0.15) is 84.3 Å². The van der Waals surface area contributed by atoms with Crippen molar-refractivity contribution in [3.8, 4) is 5.75 Å². The summed E-state index contributed by atoms with van der Waals surface area (Å²) >= 11 is 0. The minimum absolute atomic E-state index is 0.0290. The van der Waals surface area contributed by atoms with Gasteiger partial charge in [0.1, 0.15) is 11.4 Å². The van der Waals surface area contributed by atoms with E-state index in [9.17, 15) is 13.2 Å². The highest BCUT2D eigenvalue weighted by Crippen LogP contribution is 2.39. The van der Waals surface area contributed by atoms with Gasteiger partial charge in [-0.25, -0.2) is 8.42 Å². The molecule has 3 heterocycles. The zero-order valence-electron chi connectivity index (χ0n) is 31.2. The minimum Gasteiger partial charge on any atom is -0.484 e. The van der Waals surface area contributed by atoms with Crippen molar-refractivity contribution in [2.24, 2.45) is 11.3 Å². The van der Waals surface area contributed by atoms with Gasteiger partial charge >= 0.3 is 0 Å². The Kier molecular flexibility index (Phi) is 12.6. The molecular weight excluding hydrogens is 655 g/mol. The standard InChI is InChI=1S/C39H59N3O7S/c1-28-9-14-34(15-10-28)50(44,45)42-25-33(13-12-32(42)24-38(3,4)37(43)40-29(2)31-17-21-47-22-18-31)48-26-30-11-16-36-35(23-30)41(19-8-20-46-7)27-39(5,6)49-36/h9-11,14-16,23,29,31-33H,8,12-13,17-22,24-27H2,1-7H3,(H,40,43)/t29-,32+,33-/m1/s1. The summed E-state index contributed by atoms with van der Waals surface area (Å²) in [6.07, 6.45) is 4.19. The smallest absolute Gasteiger partial charge is 0.243 e. The van der Waals surface area contributed by atoms with E-state index in [4.69, 9.17) is 18.9 Å². The Morgan fingerprint density at radius 2 is 1.80 bits per heavy atom. The van der Waals surface area contributed by atoms with E-state index in [0.29, 0.717) is 38.4 Å². The lowest BCUT2D eigenvalue weighted by atomic mass is 9.81. The number of amides is 1. The normalized spacial score (nSPS) is 22.4. The maximum absolute atomic E-state index is 14.3. The minimum atomic E-state index is -3.85. The third-order valence-electron chi connectivity index (χ3n) is 10.5. The Hall–Kier alpha value is -2.70. The molecular formula is C39H59N3O7S. The van der Waals surface area contributed by atoms with E-state index in [1.54, 1.807) is 23.5 Å². The fourth-order valence-corrected chi connectivity index (χ4v) is 9.22. The van der Waals surface area contributed by atoms with Crippen LogP contribution in [0.4, 0.5) is 5.69 Å². The molecule has 2 aromatic carbocycles. The number of hydrogen-bond acceptors (Lipinski definition) is 8. The van der Waals surface area contributed by atoms with Crippen molar-refractivity contribution in [3.05, 3.63) is 53.6 Å². The summed E-state index contributed by atoms with van der Waals surface area (Å²) in [5.41, 5.74) is 1.97. The van der Waals surface area contributed by atoms with E-state index in [0.717, 1.165) is 68.1 Å². The highest BCUT2D eigenvalue weighted by molar-refractivity contribution is 7.89. The number of aryl methyl sites for hydroxylation is 1. The lowest BCUT2D eigenvalue weighted by Crippen LogP contribution is -2.53. The van der Waals surface area contributed by atoms with Crippen LogP contribution in [-0.2, 0) is 35.6 Å². The Bertz CT molecular complexity index is 1540. The fourth-order valence-electron chi connectivity index (χ4n) is 7.54. The first-order chi connectivity index (χ1) is 23.7. The second kappa shape index (κ2) is 16.3. The summed E-state index contributed by atoms with van der Waals surface area (Å²) in [6, 6.07) is 12.9. The quantitative estimate of drug-likeness (QED) is 0.235. The molecule has 50 heavy (non-hydrogen) atoms. The summed E-state index contributed by atoms with van der Waals surface area (Å²) in [5.74, 6) is 1.19. The van der Waals surface area contributed by atoms with E-state index in [1.807, 2.05) is 45.0 Å². The van der Waals surface area contributed by atoms with Gasteiger partial charge in [-0.15, -0.1) is 0 Å². The Morgan fingerprint density at radius 1 is 1.08 bits per heavy atom. The Balaban J connectivity index is 1.30. The van der Waals surface area contributed by atoms with Gasteiger partial charge in [-0.3, -0.25) is 4.79 Å². The van der Waals surface area contributed by atoms with E-state index in [2.05, 4.69) is 37.1 Å². The Labute approximate surface area is 300 Å². The number of hydrogen-bond donors (Lipinski definition) is 1. The number of benzene rings is 2. The monoisotopic (exact) mass is 713 g/mol. The van der Waals surface area contributed by atoms with Gasteiger partial charge in [0.25, 0.3) is 0 Å². The van der Waals surface area contributed by atoms with Crippen LogP contribution in [-0.4, -0.2) is 89.0 Å². The van der Waals surface area contributed by atoms with E-state index >= 15 is 0 Å². The van der Waals surface area contributed by atoms with Crippen LogP contribution in [0.15, 0.2) is 47.4 Å². The van der Waals surface area contributed by atoms with Gasteiger partial charge in [0.2, 0.25) is 15.9 Å². The van der Waals surface area contributed by atoms with E-state index in [-0.39, 0.29) is 41.1 Å². The third kappa shape index (κ3) is 9.59. The number of anilines is 1. The molecule has 0 bridgehead atoms. The molecule has 2 aromatic rings. The van der Waals surface area contributed by atoms with Gasteiger partial charge in [-0.05, 0) is 102 Å². The topological polar surface area (TPSA) is 107 Å². The van der Waals surface area contributed by atoms with Gasteiger partial charge in [-0.1, -0.05) is 37.6 Å². The molecule has 1 N–H and O–H groups in total. The Morgan fingerprint density at radius 3 is 2.50 bits per heavy atom. The van der Waals surface area contributed by atoms with Gasteiger partial charge in [-0.2, -0.15) is 4.31 Å². The van der Waals surface area contributed by atoms with Gasteiger partial charge in [0, 0.05) is 57.5 Å². The molecule has 0 saturated carbocycles. The molecule has 3 aliphatic rings. The lowest BCUT2D eigenvalue weighted by Gasteiger charge is -2.42. The average molecular weight is 714 g/mol. The van der Waals surface area contributed by atoms with Gasteiger partial charge in [0.05, 0.1) is 29.8 Å². The van der Waals surface area contributed by atoms with Crippen LogP contribution in [0.5, 0.6) is 5.75 Å². The number of carbonyl (C=O) groups excluding carboxylic acids is 1. The van der Waals surface area contributed by atoms with Crippen molar-refractivity contribution in [1.82, 2.24) is 9.62 Å². The summed E-state index contributed by atoms with van der Waals surface area (Å²) in [5, 5.41) is 3.26. The number of ether oxygens (including phenoxy) is 4. The summed E-state index contributed by atoms with van der Waals surface area (Å²) in [6.45, 7) is 16.4. The number of piperidine rings is 1. The van der Waals surface area contributed by atoms with Crippen molar-refractivity contribution in [1.29, 1.82) is 0 Å². The van der Waals surface area contributed by atoms with Crippen LogP contribution < -0.4 is 15.0 Å². The lowest BCUT2D eigenvalue weighted by molar-refractivity contribution is -0.132. The largest absolute Gasteiger partial charge is 0.484 e. The summed E-state index contributed by atoms with van der Waals surface area (Å²) in [7, 11) is -2.13. The number of methoxy groups -OCH3 is 1. The van der Waals surface area contributed by atoms with Crippen molar-refractivity contribution in [3.63, 3.8) is 0 Å². The number of fused-ring (bicyclic) bond motifs is 1. The maximum Gasteiger partial charge on any atom is 0.243 e. The number of nitrogens with one attached hydrogen (secondary N) is 1. The van der Waals surface area contributed by atoms with Crippen LogP contribution in [0.3, 0.4) is 0 Å². The van der Waals surface area contributed by atoms with Crippen LogP contribution in [0.2, 0.25) is 0 Å². The molecule has 3 atom stereocenters. The molecule has 0 spiro atoms. The maximum atomic E-state index is 14.3. The predicted molar refractivity (Wildman–Crippen MR) is 196 cm³/mol. The molecule has 11 heteroatoms. The number of sulfonamides is 1. The van der Waals surface area contributed by atoms with Crippen LogP contribution in [0, 0.1) is 18.3 Å². The van der Waals surface area contributed by atoms with Gasteiger partial charge < -0.3 is 29.2 Å². The molecule has 0 unspecified atom stereocenters. The van der Waals surface area contributed by atoms with Gasteiger partial charge in [0.15, 0.2) is 0 Å². The van der Waals surface area contributed by atoms with Crippen molar-refractivity contribution in [2.75, 3.05) is 51.5 Å². The number of carbonyl (C=O) groups is 1. The zero-order valence-corrected chi connectivity index (χ0v) is 32.0. The van der Waals surface area contributed by atoms with Crippen LogP contribution in [0.25, 0.3) is 0 Å². The molecule has 3 aliphatic heterocycles. The average Bonchev–Trinajstić information content (AvgIpc) is 3.08. The SMILES string of the molecule is COCCCN1CC(C)(C)Oc2ccc(CO[C@@H]3CC[C@@H](CC(C)(C)C(=O)N[C@H](C)C4CCOCC4)N(S(=O)(=O)c4ccc(C)cc4)C3)cc21. The number of nitrogens with zero attached hydrogens (tertiary/aromatic N) is 2. The molecule has 278 valence electrons. The second-order valence-electron chi connectivity index (χ2n) is 15.8. The zero-order chi connectivity index (χ0) is 36.1. The fraction of sp³-hybridized carbons (Fsp3) is 0.667. The molecule has 0 aliphatic carbocycles. The van der Waals surface area contributed by atoms with E-state index < -0.39 is 15.4 Å². The summed E-state index contributed by atoms with van der Waals surface area (Å²) in [4.78, 5) is 16.3. The van der Waals surface area contributed by atoms with Crippen molar-refractivity contribution in [2.45, 2.75) is 115 Å². The predicted octanol–water partition coefficient (Wildman–Crippen LogP) is 6.10. The first kappa shape index (κ1) is 38.5. The first-order valence-electron chi connectivity index (χ1n) is 18.3. The molecule has 1 amide bonds. The molecule has 10 nitrogen and oxygen atoms in total. The second-order valence-corrected chi connectivity index (χ2v) is 17.7. The number of rotatable bonds is 14. The molecule has 0 radical (unpaired) electrons. The summed E-state index contributed by atoms with van der Waals surface area (Å²) < 4.78 is 53.7. The molecule has 2 fully saturated rings. The first-order valence-corrected chi connectivity index (χ1v) is 19.8.